The normalized spacial score (nSPS) is 20.2. The fourth-order valence-corrected chi connectivity index (χ4v) is 3.25. The predicted octanol–water partition coefficient (Wildman–Crippen LogP) is 3.37. The molecule has 1 aromatic carbocycles. The fourth-order valence-electron chi connectivity index (χ4n) is 3.25. The Kier molecular flexibility index (Phi) is 4.81. The molecule has 0 aromatic heterocycles. The van der Waals surface area contributed by atoms with Gasteiger partial charge in [-0.2, -0.15) is 0 Å². The lowest BCUT2D eigenvalue weighted by atomic mass is 9.82. The van der Waals surface area contributed by atoms with Crippen LogP contribution in [0.5, 0.6) is 0 Å². The molecule has 3 nitrogen and oxygen atoms in total. The van der Waals surface area contributed by atoms with Crippen molar-refractivity contribution in [1.82, 2.24) is 4.90 Å². The summed E-state index contributed by atoms with van der Waals surface area (Å²) in [7, 11) is 0. The minimum atomic E-state index is -0.648. The van der Waals surface area contributed by atoms with E-state index in [0.29, 0.717) is 25.3 Å². The van der Waals surface area contributed by atoms with Gasteiger partial charge in [-0.1, -0.05) is 44.2 Å². The van der Waals surface area contributed by atoms with Crippen molar-refractivity contribution in [3.8, 4) is 0 Å². The Labute approximate surface area is 121 Å². The van der Waals surface area contributed by atoms with Crippen LogP contribution in [0.4, 0.5) is 0 Å². The van der Waals surface area contributed by atoms with Crippen LogP contribution in [-0.4, -0.2) is 35.6 Å². The number of carboxylic acid groups (broad SMARTS) is 1. The zero-order valence-corrected chi connectivity index (χ0v) is 12.5. The maximum atomic E-state index is 11.6. The summed E-state index contributed by atoms with van der Waals surface area (Å²) in [4.78, 5) is 13.9. The molecule has 0 bridgehead atoms. The van der Waals surface area contributed by atoms with E-state index in [1.807, 2.05) is 19.9 Å². The highest BCUT2D eigenvalue weighted by atomic mass is 16.4. The van der Waals surface area contributed by atoms with Crippen LogP contribution in [0.15, 0.2) is 30.3 Å². The summed E-state index contributed by atoms with van der Waals surface area (Å²) < 4.78 is 0. The van der Waals surface area contributed by atoms with Crippen molar-refractivity contribution in [2.24, 2.45) is 5.41 Å². The first-order valence-corrected chi connectivity index (χ1v) is 7.62. The van der Waals surface area contributed by atoms with Crippen LogP contribution in [0, 0.1) is 5.41 Å². The third-order valence-corrected chi connectivity index (χ3v) is 4.88. The number of rotatable bonds is 6. The van der Waals surface area contributed by atoms with Crippen molar-refractivity contribution >= 4 is 5.97 Å². The molecule has 1 aromatic rings. The first-order chi connectivity index (χ1) is 9.61. The summed E-state index contributed by atoms with van der Waals surface area (Å²) >= 11 is 0. The van der Waals surface area contributed by atoms with E-state index in [1.54, 1.807) is 0 Å². The molecule has 0 aliphatic carbocycles. The molecule has 0 spiro atoms. The lowest BCUT2D eigenvalue weighted by Gasteiger charge is -2.31. The Hall–Kier alpha value is -1.35. The second kappa shape index (κ2) is 6.40. The Bertz CT molecular complexity index is 440. The number of carboxylic acids is 1. The number of hydrogen-bond acceptors (Lipinski definition) is 2. The SMILES string of the molecule is CCC(CC)(CN1CCC(c2ccccc2)C1)C(=O)O. The summed E-state index contributed by atoms with van der Waals surface area (Å²) in [5.74, 6) is -0.0953. The second-order valence-corrected chi connectivity index (χ2v) is 5.92. The van der Waals surface area contributed by atoms with Gasteiger partial charge in [0.1, 0.15) is 0 Å². The summed E-state index contributed by atoms with van der Waals surface area (Å²) in [5.41, 5.74) is 0.801. The van der Waals surface area contributed by atoms with E-state index in [0.717, 1.165) is 19.5 Å². The molecule has 1 unspecified atom stereocenters. The highest BCUT2D eigenvalue weighted by molar-refractivity contribution is 5.74. The van der Waals surface area contributed by atoms with E-state index < -0.39 is 11.4 Å². The molecule has 3 heteroatoms. The van der Waals surface area contributed by atoms with Gasteiger partial charge in [-0.05, 0) is 37.3 Å². The van der Waals surface area contributed by atoms with Crippen molar-refractivity contribution in [3.05, 3.63) is 35.9 Å². The molecule has 1 atom stereocenters. The highest BCUT2D eigenvalue weighted by Gasteiger charge is 2.38. The third-order valence-electron chi connectivity index (χ3n) is 4.88. The average molecular weight is 275 g/mol. The summed E-state index contributed by atoms with van der Waals surface area (Å²) in [6, 6.07) is 10.6. The van der Waals surface area contributed by atoms with Gasteiger partial charge in [0, 0.05) is 13.1 Å². The lowest BCUT2D eigenvalue weighted by Crippen LogP contribution is -2.41. The van der Waals surface area contributed by atoms with Crippen molar-refractivity contribution in [1.29, 1.82) is 0 Å². The van der Waals surface area contributed by atoms with E-state index in [1.165, 1.54) is 5.56 Å². The van der Waals surface area contributed by atoms with Gasteiger partial charge in [-0.15, -0.1) is 0 Å². The van der Waals surface area contributed by atoms with Crippen molar-refractivity contribution in [2.75, 3.05) is 19.6 Å². The maximum absolute atomic E-state index is 11.6. The van der Waals surface area contributed by atoms with Crippen LogP contribution in [0.2, 0.25) is 0 Å². The molecule has 1 saturated heterocycles. The van der Waals surface area contributed by atoms with Crippen molar-refractivity contribution < 1.29 is 9.90 Å². The van der Waals surface area contributed by atoms with E-state index in [-0.39, 0.29) is 0 Å². The van der Waals surface area contributed by atoms with Crippen LogP contribution in [-0.2, 0) is 4.79 Å². The molecule has 1 aliphatic heterocycles. The molecule has 20 heavy (non-hydrogen) atoms. The van der Waals surface area contributed by atoms with Crippen molar-refractivity contribution in [3.63, 3.8) is 0 Å². The lowest BCUT2D eigenvalue weighted by molar-refractivity contribution is -0.150. The first kappa shape index (κ1) is 15.0. The number of nitrogens with zero attached hydrogens (tertiary/aromatic N) is 1. The highest BCUT2D eigenvalue weighted by Crippen LogP contribution is 2.33. The minimum absolute atomic E-state index is 0.552. The Morgan fingerprint density at radius 1 is 1.30 bits per heavy atom. The van der Waals surface area contributed by atoms with E-state index >= 15 is 0 Å². The molecular formula is C17H25NO2. The average Bonchev–Trinajstić information content (AvgIpc) is 2.94. The monoisotopic (exact) mass is 275 g/mol. The molecule has 0 radical (unpaired) electrons. The van der Waals surface area contributed by atoms with Crippen LogP contribution < -0.4 is 0 Å². The van der Waals surface area contributed by atoms with Crippen LogP contribution >= 0.6 is 0 Å². The Morgan fingerprint density at radius 2 is 1.95 bits per heavy atom. The zero-order valence-electron chi connectivity index (χ0n) is 12.5. The van der Waals surface area contributed by atoms with Gasteiger partial charge in [-0.25, -0.2) is 0 Å². The van der Waals surface area contributed by atoms with Crippen LogP contribution in [0.1, 0.15) is 44.6 Å². The first-order valence-electron chi connectivity index (χ1n) is 7.62. The van der Waals surface area contributed by atoms with Gasteiger partial charge in [0.25, 0.3) is 0 Å². The molecule has 110 valence electrons. The predicted molar refractivity (Wildman–Crippen MR) is 80.9 cm³/mol. The fraction of sp³-hybridized carbons (Fsp3) is 0.588. The quantitative estimate of drug-likeness (QED) is 0.865. The molecule has 0 saturated carbocycles. The number of benzene rings is 1. The van der Waals surface area contributed by atoms with Gasteiger partial charge >= 0.3 is 5.97 Å². The van der Waals surface area contributed by atoms with Gasteiger partial charge in [0.15, 0.2) is 0 Å². The van der Waals surface area contributed by atoms with Crippen LogP contribution in [0.3, 0.4) is 0 Å². The molecule has 0 amide bonds. The molecule has 1 fully saturated rings. The van der Waals surface area contributed by atoms with Crippen molar-refractivity contribution in [2.45, 2.75) is 39.0 Å². The van der Waals surface area contributed by atoms with E-state index in [4.69, 9.17) is 0 Å². The summed E-state index contributed by atoms with van der Waals surface area (Å²) in [6.45, 7) is 6.65. The smallest absolute Gasteiger partial charge is 0.310 e. The van der Waals surface area contributed by atoms with Gasteiger partial charge in [0.05, 0.1) is 5.41 Å². The topological polar surface area (TPSA) is 40.5 Å². The summed E-state index contributed by atoms with van der Waals surface area (Å²) in [5, 5.41) is 9.54. The standard InChI is InChI=1S/C17H25NO2/c1-3-17(4-2,16(19)20)13-18-11-10-15(12-18)14-8-6-5-7-9-14/h5-9,15H,3-4,10-13H2,1-2H3,(H,19,20). The van der Waals surface area contributed by atoms with Gasteiger partial charge in [-0.3, -0.25) is 4.79 Å². The zero-order chi connectivity index (χ0) is 14.6. The Balaban J connectivity index is 2.01. The maximum Gasteiger partial charge on any atom is 0.310 e. The third kappa shape index (κ3) is 3.04. The van der Waals surface area contributed by atoms with E-state index in [2.05, 4.69) is 29.2 Å². The van der Waals surface area contributed by atoms with Gasteiger partial charge in [0.2, 0.25) is 0 Å². The van der Waals surface area contributed by atoms with Crippen LogP contribution in [0.25, 0.3) is 0 Å². The molecular weight excluding hydrogens is 250 g/mol. The molecule has 1 heterocycles. The molecule has 1 N–H and O–H groups in total. The number of aliphatic carboxylic acids is 1. The number of carbonyl (C=O) groups is 1. The Morgan fingerprint density at radius 3 is 2.50 bits per heavy atom. The van der Waals surface area contributed by atoms with Gasteiger partial charge < -0.3 is 10.0 Å². The number of likely N-dealkylation sites (tertiary alicyclic amines) is 1. The largest absolute Gasteiger partial charge is 0.481 e. The summed E-state index contributed by atoms with van der Waals surface area (Å²) in [6.07, 6.45) is 2.53. The molecule has 1 aliphatic rings. The minimum Gasteiger partial charge on any atom is -0.481 e. The number of hydrogen-bond donors (Lipinski definition) is 1. The molecule has 2 rings (SSSR count). The van der Waals surface area contributed by atoms with E-state index in [9.17, 15) is 9.90 Å². The second-order valence-electron chi connectivity index (χ2n) is 5.92.